The molecule has 154 valence electrons. The highest BCUT2D eigenvalue weighted by Gasteiger charge is 2.20. The number of hydrogen-bond donors (Lipinski definition) is 1. The summed E-state index contributed by atoms with van der Waals surface area (Å²) in [5, 5.41) is 4.02. The summed E-state index contributed by atoms with van der Waals surface area (Å²) < 4.78 is 20.1. The fourth-order valence-electron chi connectivity index (χ4n) is 3.45. The average Bonchev–Trinajstić information content (AvgIpc) is 3.24. The molecule has 1 aromatic heterocycles. The van der Waals surface area contributed by atoms with E-state index >= 15 is 0 Å². The zero-order valence-corrected chi connectivity index (χ0v) is 17.2. The maximum atomic E-state index is 14.8. The van der Waals surface area contributed by atoms with Crippen LogP contribution in [0.15, 0.2) is 47.0 Å². The molecule has 29 heavy (non-hydrogen) atoms. The van der Waals surface area contributed by atoms with E-state index in [9.17, 15) is 4.39 Å². The highest BCUT2D eigenvalue weighted by atomic mass is 35.5. The minimum Gasteiger partial charge on any atom is -0.367 e. The second kappa shape index (κ2) is 9.35. The molecule has 2 N–H and O–H groups in total. The summed E-state index contributed by atoms with van der Waals surface area (Å²) in [6.07, 6.45) is 0. The van der Waals surface area contributed by atoms with E-state index in [1.165, 1.54) is 6.07 Å². The van der Waals surface area contributed by atoms with Gasteiger partial charge in [0.2, 0.25) is 5.82 Å². The lowest BCUT2D eigenvalue weighted by Crippen LogP contribution is -2.46. The molecule has 4 rings (SSSR count). The van der Waals surface area contributed by atoms with Gasteiger partial charge in [0.05, 0.1) is 5.69 Å². The molecule has 1 fully saturated rings. The van der Waals surface area contributed by atoms with Gasteiger partial charge in [-0.25, -0.2) is 4.39 Å². The molecule has 0 spiro atoms. The number of nitrogens with two attached hydrogens (primary N) is 1. The number of benzene rings is 2. The van der Waals surface area contributed by atoms with E-state index in [1.807, 2.05) is 30.3 Å². The van der Waals surface area contributed by atoms with Crippen molar-refractivity contribution in [2.45, 2.75) is 13.5 Å². The summed E-state index contributed by atoms with van der Waals surface area (Å²) in [6, 6.07) is 12.8. The summed E-state index contributed by atoms with van der Waals surface area (Å²) in [4.78, 5) is 8.87. The summed E-state index contributed by atoms with van der Waals surface area (Å²) in [7, 11) is 0. The van der Waals surface area contributed by atoms with E-state index in [0.29, 0.717) is 29.5 Å². The Morgan fingerprint density at radius 1 is 1.03 bits per heavy atom. The van der Waals surface area contributed by atoms with Crippen LogP contribution in [0.2, 0.25) is 0 Å². The molecule has 0 saturated carbocycles. The van der Waals surface area contributed by atoms with Gasteiger partial charge in [0.15, 0.2) is 0 Å². The second-order valence-corrected chi connectivity index (χ2v) is 6.91. The number of nitrogens with zero attached hydrogens (tertiary/aromatic N) is 4. The van der Waals surface area contributed by atoms with Crippen molar-refractivity contribution >= 4 is 18.1 Å². The van der Waals surface area contributed by atoms with Gasteiger partial charge in [-0.15, -0.1) is 12.4 Å². The fourth-order valence-corrected chi connectivity index (χ4v) is 3.45. The van der Waals surface area contributed by atoms with Gasteiger partial charge in [0.25, 0.3) is 5.89 Å². The zero-order chi connectivity index (χ0) is 19.5. The topological polar surface area (TPSA) is 71.4 Å². The minimum atomic E-state index is -0.269. The standard InChI is InChI=1S/C21H24FN5O.ClH/c1-2-26-9-11-27(12-10-26)19-8-7-17(13-18(19)22)21-24-20(25-28-21)16-5-3-15(14-23)4-6-16;/h3-8,13H,2,9-12,14,23H2,1H3;1H. The number of aromatic nitrogens is 2. The van der Waals surface area contributed by atoms with Crippen molar-refractivity contribution in [3.05, 3.63) is 53.8 Å². The maximum absolute atomic E-state index is 14.8. The van der Waals surface area contributed by atoms with Crippen molar-refractivity contribution in [1.82, 2.24) is 15.0 Å². The number of rotatable bonds is 5. The first-order chi connectivity index (χ1) is 13.7. The van der Waals surface area contributed by atoms with Crippen LogP contribution < -0.4 is 10.6 Å². The van der Waals surface area contributed by atoms with Crippen molar-refractivity contribution in [2.24, 2.45) is 5.73 Å². The van der Waals surface area contributed by atoms with Gasteiger partial charge in [0.1, 0.15) is 5.82 Å². The van der Waals surface area contributed by atoms with Gasteiger partial charge in [-0.05, 0) is 30.3 Å². The lowest BCUT2D eigenvalue weighted by molar-refractivity contribution is 0.270. The zero-order valence-electron chi connectivity index (χ0n) is 16.3. The predicted octanol–water partition coefficient (Wildman–Crippen LogP) is 3.57. The van der Waals surface area contributed by atoms with Crippen LogP contribution in [-0.4, -0.2) is 47.8 Å². The van der Waals surface area contributed by atoms with Crippen LogP contribution in [0, 0.1) is 5.82 Å². The SMILES string of the molecule is CCN1CCN(c2ccc(-c3nc(-c4ccc(CN)cc4)no3)cc2F)CC1.Cl. The van der Waals surface area contributed by atoms with Crippen LogP contribution in [0.1, 0.15) is 12.5 Å². The Morgan fingerprint density at radius 2 is 1.72 bits per heavy atom. The third-order valence-corrected chi connectivity index (χ3v) is 5.23. The van der Waals surface area contributed by atoms with Gasteiger partial charge < -0.3 is 20.1 Å². The van der Waals surface area contributed by atoms with Gasteiger partial charge in [-0.3, -0.25) is 0 Å². The molecule has 2 aromatic carbocycles. The molecule has 2 heterocycles. The van der Waals surface area contributed by atoms with Crippen molar-refractivity contribution in [3.63, 3.8) is 0 Å². The van der Waals surface area contributed by atoms with Gasteiger partial charge >= 0.3 is 0 Å². The van der Waals surface area contributed by atoms with Crippen molar-refractivity contribution in [2.75, 3.05) is 37.6 Å². The lowest BCUT2D eigenvalue weighted by Gasteiger charge is -2.35. The summed E-state index contributed by atoms with van der Waals surface area (Å²) in [6.45, 7) is 7.22. The fraction of sp³-hybridized carbons (Fsp3) is 0.333. The third-order valence-electron chi connectivity index (χ3n) is 5.23. The number of anilines is 1. The average molecular weight is 418 g/mol. The molecule has 8 heteroatoms. The molecule has 0 aliphatic carbocycles. The smallest absolute Gasteiger partial charge is 0.258 e. The normalized spacial score (nSPS) is 14.7. The lowest BCUT2D eigenvalue weighted by atomic mass is 10.1. The van der Waals surface area contributed by atoms with Crippen LogP contribution >= 0.6 is 12.4 Å². The number of hydrogen-bond acceptors (Lipinski definition) is 6. The predicted molar refractivity (Wildman–Crippen MR) is 115 cm³/mol. The Hall–Kier alpha value is -2.48. The van der Waals surface area contributed by atoms with Crippen molar-refractivity contribution < 1.29 is 8.91 Å². The van der Waals surface area contributed by atoms with Crippen LogP contribution in [-0.2, 0) is 6.54 Å². The summed E-state index contributed by atoms with van der Waals surface area (Å²) in [5.74, 6) is 0.507. The number of likely N-dealkylation sites (N-methyl/N-ethyl adjacent to an activating group) is 1. The van der Waals surface area contributed by atoms with Gasteiger partial charge in [0, 0.05) is 43.9 Å². The maximum Gasteiger partial charge on any atom is 0.258 e. The van der Waals surface area contributed by atoms with Crippen LogP contribution in [0.5, 0.6) is 0 Å². The second-order valence-electron chi connectivity index (χ2n) is 6.91. The van der Waals surface area contributed by atoms with E-state index in [-0.39, 0.29) is 18.2 Å². The molecule has 6 nitrogen and oxygen atoms in total. The molecular weight excluding hydrogens is 393 g/mol. The van der Waals surface area contributed by atoms with Gasteiger partial charge in [-0.1, -0.05) is 36.3 Å². The molecule has 0 unspecified atom stereocenters. The number of halogens is 2. The highest BCUT2D eigenvalue weighted by molar-refractivity contribution is 5.85. The molecule has 1 aliphatic heterocycles. The Morgan fingerprint density at radius 3 is 2.34 bits per heavy atom. The number of piperazine rings is 1. The van der Waals surface area contributed by atoms with Crippen molar-refractivity contribution in [1.29, 1.82) is 0 Å². The summed E-state index contributed by atoms with van der Waals surface area (Å²) >= 11 is 0. The first kappa shape index (κ1) is 21.2. The first-order valence-electron chi connectivity index (χ1n) is 9.58. The molecule has 0 radical (unpaired) electrons. The first-order valence-corrected chi connectivity index (χ1v) is 9.58. The molecule has 1 aliphatic rings. The Kier molecular flexibility index (Phi) is 6.84. The Balaban J connectivity index is 0.00000240. The van der Waals surface area contributed by atoms with E-state index < -0.39 is 0 Å². The van der Waals surface area contributed by atoms with E-state index in [2.05, 4.69) is 26.9 Å². The Labute approximate surface area is 175 Å². The van der Waals surface area contributed by atoms with E-state index in [1.54, 1.807) is 6.07 Å². The molecule has 0 bridgehead atoms. The highest BCUT2D eigenvalue weighted by Crippen LogP contribution is 2.28. The molecule has 1 saturated heterocycles. The van der Waals surface area contributed by atoms with Gasteiger partial charge in [-0.2, -0.15) is 4.98 Å². The summed E-state index contributed by atoms with van der Waals surface area (Å²) in [5.41, 5.74) is 8.68. The minimum absolute atomic E-state index is 0. The van der Waals surface area contributed by atoms with Crippen molar-refractivity contribution in [3.8, 4) is 22.8 Å². The molecule has 3 aromatic rings. The monoisotopic (exact) mass is 417 g/mol. The largest absolute Gasteiger partial charge is 0.367 e. The third kappa shape index (κ3) is 4.58. The molecule has 0 amide bonds. The van der Waals surface area contributed by atoms with E-state index in [4.69, 9.17) is 10.3 Å². The van der Waals surface area contributed by atoms with Crippen LogP contribution in [0.25, 0.3) is 22.8 Å². The Bertz CT molecular complexity index is 938. The molecule has 0 atom stereocenters. The van der Waals surface area contributed by atoms with Crippen LogP contribution in [0.4, 0.5) is 10.1 Å². The van der Waals surface area contributed by atoms with Crippen LogP contribution in [0.3, 0.4) is 0 Å². The quantitative estimate of drug-likeness (QED) is 0.684. The molecular formula is C21H25ClFN5O. The van der Waals surface area contributed by atoms with E-state index in [0.717, 1.165) is 43.9 Å².